The van der Waals surface area contributed by atoms with E-state index in [9.17, 15) is 24.0 Å². The molecule has 0 aliphatic carbocycles. The molecule has 0 aliphatic heterocycles. The van der Waals surface area contributed by atoms with Crippen molar-refractivity contribution >= 4 is 35.6 Å². The van der Waals surface area contributed by atoms with Crippen molar-refractivity contribution in [3.63, 3.8) is 0 Å². The van der Waals surface area contributed by atoms with E-state index >= 15 is 0 Å². The molecular weight excluding hydrogens is 530 g/mol. The van der Waals surface area contributed by atoms with E-state index in [4.69, 9.17) is 22.0 Å². The Morgan fingerprint density at radius 3 is 1.95 bits per heavy atom. The van der Waals surface area contributed by atoms with Crippen LogP contribution in [-0.2, 0) is 30.4 Å². The van der Waals surface area contributed by atoms with Gasteiger partial charge in [0.2, 0.25) is 23.6 Å². The summed E-state index contributed by atoms with van der Waals surface area (Å²) in [5.41, 5.74) is 13.4. The Morgan fingerprint density at radius 2 is 1.39 bits per heavy atom. The molecule has 0 saturated carbocycles. The van der Waals surface area contributed by atoms with Crippen LogP contribution in [0.2, 0.25) is 0 Å². The molecule has 13 heteroatoms. The van der Waals surface area contributed by atoms with Crippen LogP contribution in [-0.4, -0.2) is 65.3 Å². The summed E-state index contributed by atoms with van der Waals surface area (Å²) in [5, 5.41) is 26.4. The lowest BCUT2D eigenvalue weighted by atomic mass is 9.99. The molecule has 2 rings (SSSR count). The molecule has 10 N–H and O–H groups in total. The second-order valence-corrected chi connectivity index (χ2v) is 9.46. The normalized spacial score (nSPS) is 12.7. The Labute approximate surface area is 237 Å². The highest BCUT2D eigenvalue weighted by atomic mass is 16.4. The van der Waals surface area contributed by atoms with Gasteiger partial charge in [0.15, 0.2) is 5.96 Å². The van der Waals surface area contributed by atoms with Gasteiger partial charge >= 0.3 is 5.97 Å². The fraction of sp³-hybridized carbons (Fsp3) is 0.357. The molecule has 0 aliphatic rings. The SMILES string of the molecule is CC(=O)N[C@H](CCC(=O)O)C(=O)N[C@H](Cc1ccc(-c2ccccc2)cc1)C(=O)N[C@H](CCCNC(=N)N)C(N)=O. The van der Waals surface area contributed by atoms with Gasteiger partial charge in [-0.3, -0.25) is 29.4 Å². The van der Waals surface area contributed by atoms with Crippen molar-refractivity contribution in [3.8, 4) is 11.1 Å². The largest absolute Gasteiger partial charge is 0.481 e. The van der Waals surface area contributed by atoms with Crippen LogP contribution in [0.3, 0.4) is 0 Å². The number of hydrogen-bond donors (Lipinski definition) is 8. The first kappa shape index (κ1) is 32.3. The summed E-state index contributed by atoms with van der Waals surface area (Å²) in [7, 11) is 0. The third kappa shape index (κ3) is 11.8. The first-order valence-corrected chi connectivity index (χ1v) is 13.1. The quantitative estimate of drug-likeness (QED) is 0.0779. The first-order valence-electron chi connectivity index (χ1n) is 13.1. The van der Waals surface area contributed by atoms with Crippen molar-refractivity contribution in [2.75, 3.05) is 6.54 Å². The van der Waals surface area contributed by atoms with Gasteiger partial charge in [-0.15, -0.1) is 0 Å². The Morgan fingerprint density at radius 1 is 0.805 bits per heavy atom. The highest BCUT2D eigenvalue weighted by Gasteiger charge is 2.29. The number of guanidine groups is 1. The fourth-order valence-electron chi connectivity index (χ4n) is 4.05. The van der Waals surface area contributed by atoms with E-state index in [1.807, 2.05) is 54.6 Å². The summed E-state index contributed by atoms with van der Waals surface area (Å²) in [6, 6.07) is 13.6. The predicted molar refractivity (Wildman–Crippen MR) is 152 cm³/mol. The summed E-state index contributed by atoms with van der Waals surface area (Å²) >= 11 is 0. The van der Waals surface area contributed by atoms with Crippen LogP contribution >= 0.6 is 0 Å². The minimum Gasteiger partial charge on any atom is -0.481 e. The first-order chi connectivity index (χ1) is 19.5. The Balaban J connectivity index is 2.25. The monoisotopic (exact) mass is 567 g/mol. The zero-order valence-corrected chi connectivity index (χ0v) is 22.8. The van der Waals surface area contributed by atoms with Gasteiger partial charge in [0.25, 0.3) is 0 Å². The van der Waals surface area contributed by atoms with Gasteiger partial charge in [-0.25, -0.2) is 0 Å². The molecule has 0 bridgehead atoms. The molecule has 2 aromatic carbocycles. The average Bonchev–Trinajstić information content (AvgIpc) is 2.92. The topological polar surface area (TPSA) is 230 Å². The van der Waals surface area contributed by atoms with Crippen molar-refractivity contribution in [1.82, 2.24) is 21.3 Å². The minimum absolute atomic E-state index is 0.0374. The van der Waals surface area contributed by atoms with Crippen LogP contribution in [0.15, 0.2) is 54.6 Å². The van der Waals surface area contributed by atoms with Crippen LogP contribution in [0.5, 0.6) is 0 Å². The van der Waals surface area contributed by atoms with Gasteiger partial charge in [-0.1, -0.05) is 54.6 Å². The molecule has 13 nitrogen and oxygen atoms in total. The smallest absolute Gasteiger partial charge is 0.303 e. The van der Waals surface area contributed by atoms with Crippen molar-refractivity contribution < 1.29 is 29.1 Å². The number of hydrogen-bond acceptors (Lipinski definition) is 6. The maximum Gasteiger partial charge on any atom is 0.303 e. The van der Waals surface area contributed by atoms with Crippen molar-refractivity contribution in [2.45, 2.75) is 57.2 Å². The van der Waals surface area contributed by atoms with E-state index in [1.54, 1.807) is 0 Å². The molecular formula is C28H37N7O6. The molecule has 0 unspecified atom stereocenters. The number of carbonyl (C=O) groups is 5. The standard InChI is InChI=1S/C28H37N7O6/c1-17(36)33-22(13-14-24(37)38)26(40)35-23(27(41)34-21(25(29)39)8-5-15-32-28(30)31)16-18-9-11-20(12-10-18)19-6-3-2-4-7-19/h2-4,6-7,9-12,21-23H,5,8,13-16H2,1H3,(H2,29,39)(H,33,36)(H,34,41)(H,35,40)(H,37,38)(H4,30,31,32)/t21-,22-,23-/m1/s1. The summed E-state index contributed by atoms with van der Waals surface area (Å²) in [5.74, 6) is -4.14. The number of carbonyl (C=O) groups excluding carboxylic acids is 4. The number of carboxylic acids is 1. The molecule has 0 aromatic heterocycles. The molecule has 41 heavy (non-hydrogen) atoms. The van der Waals surface area contributed by atoms with E-state index in [0.29, 0.717) is 12.0 Å². The van der Waals surface area contributed by atoms with Crippen LogP contribution in [0.1, 0.15) is 38.2 Å². The van der Waals surface area contributed by atoms with Gasteiger partial charge < -0.3 is 37.8 Å². The van der Waals surface area contributed by atoms with E-state index in [1.165, 1.54) is 6.92 Å². The zero-order chi connectivity index (χ0) is 30.4. The van der Waals surface area contributed by atoms with Crippen molar-refractivity contribution in [2.24, 2.45) is 11.5 Å². The molecule has 0 spiro atoms. The van der Waals surface area contributed by atoms with Gasteiger partial charge in [-0.2, -0.15) is 0 Å². The maximum atomic E-state index is 13.4. The van der Waals surface area contributed by atoms with E-state index in [0.717, 1.165) is 11.1 Å². The van der Waals surface area contributed by atoms with E-state index < -0.39 is 47.7 Å². The molecule has 0 radical (unpaired) electrons. The number of primary amides is 1. The Bertz CT molecular complexity index is 1220. The minimum atomic E-state index is -1.19. The molecule has 3 atom stereocenters. The van der Waals surface area contributed by atoms with Gasteiger partial charge in [0, 0.05) is 26.3 Å². The summed E-state index contributed by atoms with van der Waals surface area (Å²) in [6.07, 6.45) is -0.00988. The number of nitrogens with one attached hydrogen (secondary N) is 5. The maximum absolute atomic E-state index is 13.4. The van der Waals surface area contributed by atoms with Crippen molar-refractivity contribution in [1.29, 1.82) is 5.41 Å². The third-order valence-electron chi connectivity index (χ3n) is 6.12. The van der Waals surface area contributed by atoms with Crippen LogP contribution in [0, 0.1) is 5.41 Å². The molecule has 220 valence electrons. The number of benzene rings is 2. The third-order valence-corrected chi connectivity index (χ3v) is 6.12. The zero-order valence-electron chi connectivity index (χ0n) is 22.8. The molecule has 0 heterocycles. The van der Waals surface area contributed by atoms with Crippen LogP contribution in [0.4, 0.5) is 0 Å². The van der Waals surface area contributed by atoms with Gasteiger partial charge in [0.1, 0.15) is 18.1 Å². The van der Waals surface area contributed by atoms with Crippen LogP contribution < -0.4 is 32.7 Å². The average molecular weight is 568 g/mol. The molecule has 4 amide bonds. The summed E-state index contributed by atoms with van der Waals surface area (Å²) in [6.45, 7) is 1.48. The molecule has 2 aromatic rings. The second-order valence-electron chi connectivity index (χ2n) is 9.46. The summed E-state index contributed by atoms with van der Waals surface area (Å²) in [4.78, 5) is 61.2. The Kier molecular flexibility index (Phi) is 12.8. The van der Waals surface area contributed by atoms with Gasteiger partial charge in [-0.05, 0) is 36.0 Å². The number of carboxylic acid groups (broad SMARTS) is 1. The van der Waals surface area contributed by atoms with Crippen molar-refractivity contribution in [3.05, 3.63) is 60.2 Å². The lowest BCUT2D eigenvalue weighted by molar-refractivity contribution is -0.138. The highest BCUT2D eigenvalue weighted by molar-refractivity contribution is 5.94. The number of rotatable bonds is 16. The fourth-order valence-corrected chi connectivity index (χ4v) is 4.05. The number of aliphatic carboxylic acids is 1. The lowest BCUT2D eigenvalue weighted by Crippen LogP contribution is -2.57. The summed E-state index contributed by atoms with van der Waals surface area (Å²) < 4.78 is 0. The van der Waals surface area contributed by atoms with Gasteiger partial charge in [0.05, 0.1) is 0 Å². The highest BCUT2D eigenvalue weighted by Crippen LogP contribution is 2.20. The van der Waals surface area contributed by atoms with E-state index in [-0.39, 0.29) is 38.2 Å². The number of nitrogens with two attached hydrogens (primary N) is 2. The second kappa shape index (κ2) is 16.2. The lowest BCUT2D eigenvalue weighted by Gasteiger charge is -2.25. The predicted octanol–water partition coefficient (Wildman–Crippen LogP) is -0.0162. The molecule has 0 fully saturated rings. The van der Waals surface area contributed by atoms with E-state index in [2.05, 4.69) is 21.3 Å². The van der Waals surface area contributed by atoms with Crippen LogP contribution in [0.25, 0.3) is 11.1 Å². The Hall–Kier alpha value is -4.94. The number of amides is 4. The molecule has 0 saturated heterocycles.